The van der Waals surface area contributed by atoms with Gasteiger partial charge >= 0.3 is 6.18 Å². The van der Waals surface area contributed by atoms with Gasteiger partial charge in [0.05, 0.1) is 5.56 Å². The first kappa shape index (κ1) is 12.3. The molecule has 1 aromatic carbocycles. The van der Waals surface area contributed by atoms with Crippen LogP contribution in [0.15, 0.2) is 29.8 Å². The molecule has 0 spiro atoms. The van der Waals surface area contributed by atoms with Gasteiger partial charge in [0, 0.05) is 5.57 Å². The Kier molecular flexibility index (Phi) is 3.37. The van der Waals surface area contributed by atoms with Gasteiger partial charge in [-0.05, 0) is 30.7 Å². The molecule has 0 aliphatic heterocycles. The molecule has 0 saturated carbocycles. The second kappa shape index (κ2) is 4.38. The standard InChI is InChI=1S/C11H10F3NO/c1-7(10(15)16)6-8-2-4-9(5-3-8)11(12,13)14/h2-6H,1H3,(H2,15,16). The predicted molar refractivity (Wildman–Crippen MR) is 54.3 cm³/mol. The molecule has 0 radical (unpaired) electrons. The molecule has 0 bridgehead atoms. The van der Waals surface area contributed by atoms with Gasteiger partial charge in [-0.3, -0.25) is 4.79 Å². The van der Waals surface area contributed by atoms with Gasteiger partial charge in [0.15, 0.2) is 0 Å². The van der Waals surface area contributed by atoms with E-state index in [0.717, 1.165) is 12.1 Å². The normalized spacial score (nSPS) is 12.6. The van der Waals surface area contributed by atoms with Crippen molar-refractivity contribution in [3.63, 3.8) is 0 Å². The molecule has 16 heavy (non-hydrogen) atoms. The highest BCUT2D eigenvalue weighted by Gasteiger charge is 2.29. The van der Waals surface area contributed by atoms with Crippen LogP contribution in [0.2, 0.25) is 0 Å². The van der Waals surface area contributed by atoms with Crippen LogP contribution in [0.3, 0.4) is 0 Å². The molecule has 0 aliphatic carbocycles. The fraction of sp³-hybridized carbons (Fsp3) is 0.182. The maximum Gasteiger partial charge on any atom is 0.416 e. The summed E-state index contributed by atoms with van der Waals surface area (Å²) < 4.78 is 36.7. The molecule has 0 aromatic heterocycles. The molecule has 1 amide bonds. The summed E-state index contributed by atoms with van der Waals surface area (Å²) >= 11 is 0. The summed E-state index contributed by atoms with van der Waals surface area (Å²) in [6.45, 7) is 1.50. The molecular weight excluding hydrogens is 219 g/mol. The third-order valence-corrected chi connectivity index (χ3v) is 2.01. The molecule has 2 nitrogen and oxygen atoms in total. The average molecular weight is 229 g/mol. The summed E-state index contributed by atoms with van der Waals surface area (Å²) in [6, 6.07) is 4.49. The van der Waals surface area contributed by atoms with Gasteiger partial charge in [-0.15, -0.1) is 0 Å². The number of rotatable bonds is 2. The predicted octanol–water partition coefficient (Wildman–Crippen LogP) is 2.59. The molecular formula is C11H10F3NO. The van der Waals surface area contributed by atoms with Crippen molar-refractivity contribution in [1.82, 2.24) is 0 Å². The van der Waals surface area contributed by atoms with Crippen molar-refractivity contribution < 1.29 is 18.0 Å². The van der Waals surface area contributed by atoms with Crippen LogP contribution in [-0.4, -0.2) is 5.91 Å². The highest BCUT2D eigenvalue weighted by Crippen LogP contribution is 2.29. The van der Waals surface area contributed by atoms with Gasteiger partial charge in [0.25, 0.3) is 0 Å². The topological polar surface area (TPSA) is 43.1 Å². The zero-order valence-corrected chi connectivity index (χ0v) is 8.51. The van der Waals surface area contributed by atoms with Crippen LogP contribution in [0.25, 0.3) is 6.08 Å². The summed E-state index contributed by atoms with van der Waals surface area (Å²) in [5, 5.41) is 0. The molecule has 5 heteroatoms. The molecule has 0 fully saturated rings. The van der Waals surface area contributed by atoms with Crippen LogP contribution in [0.1, 0.15) is 18.1 Å². The Balaban J connectivity index is 2.97. The van der Waals surface area contributed by atoms with Crippen LogP contribution in [-0.2, 0) is 11.0 Å². The van der Waals surface area contributed by atoms with Crippen molar-refractivity contribution in [3.8, 4) is 0 Å². The van der Waals surface area contributed by atoms with Crippen molar-refractivity contribution in [2.45, 2.75) is 13.1 Å². The highest BCUT2D eigenvalue weighted by molar-refractivity contribution is 5.95. The van der Waals surface area contributed by atoms with Gasteiger partial charge in [0.2, 0.25) is 5.91 Å². The number of nitrogens with two attached hydrogens (primary N) is 1. The molecule has 1 rings (SSSR count). The summed E-state index contributed by atoms with van der Waals surface area (Å²) in [4.78, 5) is 10.7. The maximum atomic E-state index is 12.2. The van der Waals surface area contributed by atoms with E-state index in [0.29, 0.717) is 11.1 Å². The van der Waals surface area contributed by atoms with Gasteiger partial charge < -0.3 is 5.73 Å². The van der Waals surface area contributed by atoms with Crippen molar-refractivity contribution in [2.75, 3.05) is 0 Å². The fourth-order valence-electron chi connectivity index (χ4n) is 1.09. The number of alkyl halides is 3. The summed E-state index contributed by atoms with van der Waals surface area (Å²) in [6.07, 6.45) is -2.91. The first-order chi connectivity index (χ1) is 7.30. The van der Waals surface area contributed by atoms with Crippen molar-refractivity contribution in [1.29, 1.82) is 0 Å². The van der Waals surface area contributed by atoms with E-state index in [-0.39, 0.29) is 0 Å². The number of halogens is 3. The lowest BCUT2D eigenvalue weighted by Gasteiger charge is -2.06. The second-order valence-corrected chi connectivity index (χ2v) is 3.31. The quantitative estimate of drug-likeness (QED) is 0.778. The maximum absolute atomic E-state index is 12.2. The third-order valence-electron chi connectivity index (χ3n) is 2.01. The highest BCUT2D eigenvalue weighted by atomic mass is 19.4. The first-order valence-corrected chi connectivity index (χ1v) is 4.46. The van der Waals surface area contributed by atoms with Gasteiger partial charge in [0.1, 0.15) is 0 Å². The van der Waals surface area contributed by atoms with Crippen molar-refractivity contribution >= 4 is 12.0 Å². The lowest BCUT2D eigenvalue weighted by atomic mass is 10.1. The van der Waals surface area contributed by atoms with Crippen LogP contribution in [0.5, 0.6) is 0 Å². The summed E-state index contributed by atoms with van der Waals surface area (Å²) in [5.74, 6) is -0.597. The van der Waals surface area contributed by atoms with E-state index < -0.39 is 17.6 Å². The minimum Gasteiger partial charge on any atom is -0.366 e. The van der Waals surface area contributed by atoms with Gasteiger partial charge in [-0.25, -0.2) is 0 Å². The Morgan fingerprint density at radius 3 is 2.12 bits per heavy atom. The lowest BCUT2D eigenvalue weighted by Crippen LogP contribution is -2.11. The van der Waals surface area contributed by atoms with Gasteiger partial charge in [-0.1, -0.05) is 12.1 Å². The number of hydrogen-bond acceptors (Lipinski definition) is 1. The molecule has 2 N–H and O–H groups in total. The molecule has 0 aliphatic rings. The van der Waals surface area contributed by atoms with Crippen LogP contribution in [0, 0.1) is 0 Å². The van der Waals surface area contributed by atoms with E-state index >= 15 is 0 Å². The number of carbonyl (C=O) groups is 1. The second-order valence-electron chi connectivity index (χ2n) is 3.31. The largest absolute Gasteiger partial charge is 0.416 e. The number of primary amides is 1. The Morgan fingerprint density at radius 2 is 1.75 bits per heavy atom. The van der Waals surface area contributed by atoms with Crippen molar-refractivity contribution in [2.24, 2.45) is 5.73 Å². The van der Waals surface area contributed by atoms with Gasteiger partial charge in [-0.2, -0.15) is 13.2 Å². The smallest absolute Gasteiger partial charge is 0.366 e. The van der Waals surface area contributed by atoms with Crippen molar-refractivity contribution in [3.05, 3.63) is 41.0 Å². The zero-order valence-electron chi connectivity index (χ0n) is 8.51. The average Bonchev–Trinajstić information content (AvgIpc) is 2.17. The minimum atomic E-state index is -4.35. The Morgan fingerprint density at radius 1 is 1.25 bits per heavy atom. The first-order valence-electron chi connectivity index (χ1n) is 4.46. The molecule has 0 unspecified atom stereocenters. The van der Waals surface area contributed by atoms with E-state index in [1.165, 1.54) is 25.1 Å². The molecule has 0 atom stereocenters. The van der Waals surface area contributed by atoms with E-state index in [2.05, 4.69) is 0 Å². The number of amides is 1. The van der Waals surface area contributed by atoms with E-state index in [1.54, 1.807) is 0 Å². The summed E-state index contributed by atoms with van der Waals surface area (Å²) in [7, 11) is 0. The fourth-order valence-corrected chi connectivity index (χ4v) is 1.09. The van der Waals surface area contributed by atoms with Crippen LogP contribution >= 0.6 is 0 Å². The molecule has 0 saturated heterocycles. The number of benzene rings is 1. The molecule has 0 heterocycles. The number of carbonyl (C=O) groups excluding carboxylic acids is 1. The zero-order chi connectivity index (χ0) is 12.3. The van der Waals surface area contributed by atoms with Crippen LogP contribution in [0.4, 0.5) is 13.2 Å². The lowest BCUT2D eigenvalue weighted by molar-refractivity contribution is -0.137. The molecule has 1 aromatic rings. The molecule has 86 valence electrons. The Bertz CT molecular complexity index is 418. The third kappa shape index (κ3) is 3.12. The van der Waals surface area contributed by atoms with E-state index in [4.69, 9.17) is 5.73 Å². The van der Waals surface area contributed by atoms with E-state index in [9.17, 15) is 18.0 Å². The number of hydrogen-bond donors (Lipinski definition) is 1. The monoisotopic (exact) mass is 229 g/mol. The van der Waals surface area contributed by atoms with E-state index in [1.807, 2.05) is 0 Å². The summed E-state index contributed by atoms with van der Waals surface area (Å²) in [5.41, 5.74) is 5.07. The Hall–Kier alpha value is -1.78. The Labute approximate surface area is 90.6 Å². The SMILES string of the molecule is CC(=Cc1ccc(C(F)(F)F)cc1)C(N)=O. The van der Waals surface area contributed by atoms with Crippen LogP contribution < -0.4 is 5.73 Å². The minimum absolute atomic E-state index is 0.291.